The summed E-state index contributed by atoms with van der Waals surface area (Å²) in [5.41, 5.74) is 2.00. The van der Waals surface area contributed by atoms with Crippen molar-refractivity contribution in [2.45, 2.75) is 51.1 Å². The van der Waals surface area contributed by atoms with Gasteiger partial charge in [0.25, 0.3) is 15.9 Å². The van der Waals surface area contributed by atoms with Gasteiger partial charge in [-0.3, -0.25) is 14.4 Å². The minimum Gasteiger partial charge on any atom is -0.355 e. The number of likely N-dealkylation sites (N-methyl/N-ethyl adjacent to an activating group) is 1. The molecule has 0 aliphatic carbocycles. The van der Waals surface area contributed by atoms with E-state index in [1.165, 1.54) is 17.0 Å². The van der Waals surface area contributed by atoms with Crippen LogP contribution in [0.15, 0.2) is 53.4 Å². The number of amides is 3. The van der Waals surface area contributed by atoms with Gasteiger partial charge in [-0.25, -0.2) is 12.7 Å². The number of hydrogen-bond donors (Lipinski definition) is 1. The Hall–Kier alpha value is -3.20. The van der Waals surface area contributed by atoms with Crippen LogP contribution in [-0.4, -0.2) is 54.5 Å². The number of fused-ring (bicyclic) bond motifs is 1. The van der Waals surface area contributed by atoms with E-state index in [9.17, 15) is 22.8 Å². The number of nitrogens with one attached hydrogen (secondary N) is 1. The molecule has 1 aliphatic rings. The number of rotatable bonds is 9. The van der Waals surface area contributed by atoms with Crippen LogP contribution in [0.2, 0.25) is 0 Å². The van der Waals surface area contributed by atoms with Crippen LogP contribution in [0.5, 0.6) is 0 Å². The zero-order valence-electron chi connectivity index (χ0n) is 19.1. The second-order valence-corrected chi connectivity index (χ2v) is 9.79. The maximum atomic E-state index is 13.3. The fraction of sp³-hybridized carbons (Fsp3) is 0.375. The first kappa shape index (κ1) is 24.4. The lowest BCUT2D eigenvalue weighted by molar-refractivity contribution is -0.141. The molecule has 0 bridgehead atoms. The third kappa shape index (κ3) is 5.08. The normalized spacial score (nSPS) is 15.1. The molecule has 9 heteroatoms. The van der Waals surface area contributed by atoms with Gasteiger partial charge < -0.3 is 10.2 Å². The monoisotopic (exact) mass is 471 g/mol. The molecule has 0 radical (unpaired) electrons. The first-order chi connectivity index (χ1) is 15.7. The van der Waals surface area contributed by atoms with Crippen molar-refractivity contribution in [1.29, 1.82) is 0 Å². The van der Waals surface area contributed by atoms with Crippen molar-refractivity contribution >= 4 is 27.7 Å². The molecular formula is C24H29N3O5S. The molecule has 33 heavy (non-hydrogen) atoms. The van der Waals surface area contributed by atoms with E-state index >= 15 is 0 Å². The van der Waals surface area contributed by atoms with Crippen LogP contribution >= 0.6 is 0 Å². The van der Waals surface area contributed by atoms with Gasteiger partial charge in [0.2, 0.25) is 11.8 Å². The maximum absolute atomic E-state index is 13.3. The van der Waals surface area contributed by atoms with Crippen LogP contribution in [0.4, 0.5) is 0 Å². The third-order valence-corrected chi connectivity index (χ3v) is 7.45. The van der Waals surface area contributed by atoms with E-state index in [2.05, 4.69) is 5.32 Å². The second kappa shape index (κ2) is 10.2. The molecule has 3 rings (SSSR count). The van der Waals surface area contributed by atoms with E-state index in [0.717, 1.165) is 15.4 Å². The van der Waals surface area contributed by atoms with Crippen LogP contribution in [0, 0.1) is 6.92 Å². The van der Waals surface area contributed by atoms with Crippen LogP contribution in [0.3, 0.4) is 0 Å². The first-order valence-corrected chi connectivity index (χ1v) is 12.4. The fourth-order valence-corrected chi connectivity index (χ4v) is 5.58. The number of benzene rings is 2. The molecule has 1 atom stereocenters. The van der Waals surface area contributed by atoms with Gasteiger partial charge in [0.15, 0.2) is 0 Å². The largest absolute Gasteiger partial charge is 0.355 e. The standard InChI is InChI=1S/C24H29N3O5S/c1-4-20(23(29)25-5-2)26(16-18-10-8-9-17(3)15-18)22(28)13-14-27-24(30)19-11-6-7-12-21(19)33(27,31)32/h6-12,15,20H,4-5,13-14,16H2,1-3H3,(H,25,29). The molecule has 1 N–H and O–H groups in total. The van der Waals surface area contributed by atoms with Crippen LogP contribution in [-0.2, 0) is 26.2 Å². The van der Waals surface area contributed by atoms with E-state index in [0.29, 0.717) is 13.0 Å². The Kier molecular flexibility index (Phi) is 7.53. The lowest BCUT2D eigenvalue weighted by Gasteiger charge is -2.31. The Morgan fingerprint density at radius 1 is 1.09 bits per heavy atom. The molecule has 0 spiro atoms. The highest BCUT2D eigenvalue weighted by atomic mass is 32.2. The highest BCUT2D eigenvalue weighted by Gasteiger charge is 2.41. The SMILES string of the molecule is CCNC(=O)C(CC)N(Cc1cccc(C)c1)C(=O)CCN1C(=O)c2ccccc2S1(=O)=O. The number of nitrogens with zero attached hydrogens (tertiary/aromatic N) is 2. The van der Waals surface area contributed by atoms with Crippen LogP contribution in [0.25, 0.3) is 0 Å². The number of carbonyl (C=O) groups excluding carboxylic acids is 3. The van der Waals surface area contributed by atoms with Gasteiger partial charge in [0, 0.05) is 26.1 Å². The Bertz CT molecular complexity index is 1160. The molecule has 8 nitrogen and oxygen atoms in total. The number of hydrogen-bond acceptors (Lipinski definition) is 5. The van der Waals surface area contributed by atoms with E-state index in [-0.39, 0.29) is 35.9 Å². The topological polar surface area (TPSA) is 104 Å². The predicted octanol–water partition coefficient (Wildman–Crippen LogP) is 2.47. The summed E-state index contributed by atoms with van der Waals surface area (Å²) in [6.07, 6.45) is 0.177. The average molecular weight is 472 g/mol. The molecule has 1 unspecified atom stereocenters. The zero-order valence-corrected chi connectivity index (χ0v) is 19.9. The van der Waals surface area contributed by atoms with E-state index in [4.69, 9.17) is 0 Å². The number of sulfonamides is 1. The molecule has 0 saturated heterocycles. The molecule has 1 heterocycles. The molecule has 2 aromatic rings. The Morgan fingerprint density at radius 2 is 1.82 bits per heavy atom. The smallest absolute Gasteiger partial charge is 0.269 e. The molecule has 1 aliphatic heterocycles. The minimum absolute atomic E-state index is 0.0483. The summed E-state index contributed by atoms with van der Waals surface area (Å²) >= 11 is 0. The Morgan fingerprint density at radius 3 is 2.45 bits per heavy atom. The fourth-order valence-electron chi connectivity index (χ4n) is 4.01. The molecular weight excluding hydrogens is 442 g/mol. The number of aryl methyl sites for hydroxylation is 1. The van der Waals surface area contributed by atoms with Crippen molar-refractivity contribution in [1.82, 2.24) is 14.5 Å². The van der Waals surface area contributed by atoms with E-state index in [1.807, 2.05) is 38.1 Å². The Balaban J connectivity index is 1.83. The quantitative estimate of drug-likeness (QED) is 0.605. The van der Waals surface area contributed by atoms with E-state index < -0.39 is 27.9 Å². The van der Waals surface area contributed by atoms with Crippen molar-refractivity contribution < 1.29 is 22.8 Å². The Labute approximate surface area is 194 Å². The highest BCUT2D eigenvalue weighted by Crippen LogP contribution is 2.30. The van der Waals surface area contributed by atoms with Crippen molar-refractivity contribution in [2.24, 2.45) is 0 Å². The number of carbonyl (C=O) groups is 3. The first-order valence-electron chi connectivity index (χ1n) is 11.0. The molecule has 0 fully saturated rings. The van der Waals surface area contributed by atoms with Gasteiger partial charge in [-0.05, 0) is 38.0 Å². The van der Waals surface area contributed by atoms with Gasteiger partial charge in [0.05, 0.1) is 5.56 Å². The molecule has 0 saturated carbocycles. The molecule has 2 aromatic carbocycles. The van der Waals surface area contributed by atoms with Gasteiger partial charge >= 0.3 is 0 Å². The van der Waals surface area contributed by atoms with Crippen molar-refractivity contribution in [3.8, 4) is 0 Å². The summed E-state index contributed by atoms with van der Waals surface area (Å²) in [4.78, 5) is 40.1. The van der Waals surface area contributed by atoms with Crippen molar-refractivity contribution in [3.63, 3.8) is 0 Å². The third-order valence-electron chi connectivity index (χ3n) is 5.61. The lowest BCUT2D eigenvalue weighted by Crippen LogP contribution is -2.49. The van der Waals surface area contributed by atoms with Crippen molar-refractivity contribution in [2.75, 3.05) is 13.1 Å². The summed E-state index contributed by atoms with van der Waals surface area (Å²) in [6.45, 7) is 5.92. The summed E-state index contributed by atoms with van der Waals surface area (Å²) in [6, 6.07) is 12.9. The van der Waals surface area contributed by atoms with Gasteiger partial charge in [-0.2, -0.15) is 0 Å². The van der Waals surface area contributed by atoms with E-state index in [1.54, 1.807) is 19.1 Å². The predicted molar refractivity (Wildman–Crippen MR) is 124 cm³/mol. The molecule has 176 valence electrons. The summed E-state index contributed by atoms with van der Waals surface area (Å²) in [5, 5.41) is 2.77. The summed E-state index contributed by atoms with van der Waals surface area (Å²) in [5.74, 6) is -1.30. The van der Waals surface area contributed by atoms with Gasteiger partial charge in [-0.1, -0.05) is 48.9 Å². The zero-order chi connectivity index (χ0) is 24.2. The van der Waals surface area contributed by atoms with Gasteiger partial charge in [-0.15, -0.1) is 0 Å². The maximum Gasteiger partial charge on any atom is 0.269 e. The highest BCUT2D eigenvalue weighted by molar-refractivity contribution is 7.90. The molecule has 0 aromatic heterocycles. The van der Waals surface area contributed by atoms with Gasteiger partial charge in [0.1, 0.15) is 10.9 Å². The van der Waals surface area contributed by atoms with Crippen LogP contribution < -0.4 is 5.32 Å². The molecule has 3 amide bonds. The van der Waals surface area contributed by atoms with Crippen molar-refractivity contribution in [3.05, 3.63) is 65.2 Å². The van der Waals surface area contributed by atoms with Crippen LogP contribution in [0.1, 0.15) is 48.2 Å². The second-order valence-electron chi connectivity index (χ2n) is 7.96. The average Bonchev–Trinajstić information content (AvgIpc) is 2.97. The summed E-state index contributed by atoms with van der Waals surface area (Å²) in [7, 11) is -4.00. The lowest BCUT2D eigenvalue weighted by atomic mass is 10.1. The minimum atomic E-state index is -4.00. The summed E-state index contributed by atoms with van der Waals surface area (Å²) < 4.78 is 26.4.